The van der Waals surface area contributed by atoms with Gasteiger partial charge in [0.2, 0.25) is 0 Å². The molecule has 2 atom stereocenters. The van der Waals surface area contributed by atoms with Gasteiger partial charge in [-0.1, -0.05) is 79.6 Å². The average Bonchev–Trinajstić information content (AvgIpc) is 2.88. The van der Waals surface area contributed by atoms with Gasteiger partial charge in [0.25, 0.3) is 0 Å². The lowest BCUT2D eigenvalue weighted by Crippen LogP contribution is -2.24. The van der Waals surface area contributed by atoms with Crippen molar-refractivity contribution in [3.8, 4) is 0 Å². The highest BCUT2D eigenvalue weighted by atomic mass is 14.3. The van der Waals surface area contributed by atoms with Gasteiger partial charge in [0.15, 0.2) is 0 Å². The molecule has 0 amide bonds. The normalized spacial score (nSPS) is 23.8. The molecule has 0 saturated heterocycles. The molecule has 3 aliphatic rings. The highest BCUT2D eigenvalue weighted by molar-refractivity contribution is 5.34. The Kier molecular flexibility index (Phi) is 8.51. The average molecular weight is 481 g/mol. The molecule has 2 unspecified atom stereocenters. The molecular weight excluding hydrogens is 432 g/mol. The summed E-state index contributed by atoms with van der Waals surface area (Å²) in [4.78, 5) is 0. The van der Waals surface area contributed by atoms with Gasteiger partial charge in [-0.25, -0.2) is 0 Å². The predicted molar refractivity (Wildman–Crippen MR) is 155 cm³/mol. The van der Waals surface area contributed by atoms with Gasteiger partial charge in [-0.2, -0.15) is 0 Å². The van der Waals surface area contributed by atoms with Crippen molar-refractivity contribution in [1.82, 2.24) is 0 Å². The lowest BCUT2D eigenvalue weighted by molar-refractivity contribution is 0.166. The van der Waals surface area contributed by atoms with Gasteiger partial charge in [-0.15, -0.1) is 0 Å². The summed E-state index contributed by atoms with van der Waals surface area (Å²) in [5.41, 5.74) is 10.8. The number of hydrogen-bond acceptors (Lipinski definition) is 0. The van der Waals surface area contributed by atoms with Crippen molar-refractivity contribution in [2.45, 2.75) is 103 Å². The lowest BCUT2D eigenvalue weighted by atomic mass is 9.70. The Morgan fingerprint density at radius 1 is 0.861 bits per heavy atom. The third-order valence-electron chi connectivity index (χ3n) is 9.88. The molecule has 5 rings (SSSR count). The Hall–Kier alpha value is -2.08. The van der Waals surface area contributed by atoms with Crippen LogP contribution >= 0.6 is 0 Å². The number of rotatable bonds is 11. The molecule has 3 aliphatic carbocycles. The van der Waals surface area contributed by atoms with Crippen LogP contribution in [0.15, 0.2) is 66.8 Å². The molecular formula is C36H48. The highest BCUT2D eigenvalue weighted by Crippen LogP contribution is 2.41. The van der Waals surface area contributed by atoms with E-state index in [1.165, 1.54) is 101 Å². The minimum atomic E-state index is 0.620. The molecule has 0 N–H and O–H groups in total. The molecule has 2 aromatic rings. The molecule has 0 aromatic heterocycles. The van der Waals surface area contributed by atoms with E-state index in [-0.39, 0.29) is 0 Å². The van der Waals surface area contributed by atoms with Crippen LogP contribution < -0.4 is 0 Å². The van der Waals surface area contributed by atoms with Gasteiger partial charge >= 0.3 is 0 Å². The molecule has 36 heavy (non-hydrogen) atoms. The van der Waals surface area contributed by atoms with E-state index in [9.17, 15) is 0 Å². The lowest BCUT2D eigenvalue weighted by Gasteiger charge is -2.36. The van der Waals surface area contributed by atoms with Crippen LogP contribution in [0.1, 0.15) is 98.9 Å². The van der Waals surface area contributed by atoms with Crippen LogP contribution in [-0.4, -0.2) is 0 Å². The second-order valence-electron chi connectivity index (χ2n) is 12.6. The van der Waals surface area contributed by atoms with E-state index in [0.717, 1.165) is 18.3 Å². The van der Waals surface area contributed by atoms with Gasteiger partial charge in [0.05, 0.1) is 0 Å². The summed E-state index contributed by atoms with van der Waals surface area (Å²) in [6.45, 7) is 11.2. The first-order valence-electron chi connectivity index (χ1n) is 15.1. The summed E-state index contributed by atoms with van der Waals surface area (Å²) >= 11 is 0. The second kappa shape index (κ2) is 12.0. The van der Waals surface area contributed by atoms with Gasteiger partial charge < -0.3 is 0 Å². The number of fused-ring (bicyclic) bond motifs is 2. The molecule has 0 nitrogen and oxygen atoms in total. The standard InChI is InChI=1S/C36H48/c1-26(2)33(21-27(3)34-20-19-32-11-5-7-13-36(32)25-34)14-8-9-29-22-30(23-29)16-15-28-17-18-31-10-4-6-12-35(31)24-28/h5,7,11,13,17-18,24,29-30,33-34H,1,3-4,6,8-10,12,14-16,19-23,25H2,2H3. The number of benzene rings is 2. The van der Waals surface area contributed by atoms with Crippen LogP contribution in [0.5, 0.6) is 0 Å². The fourth-order valence-electron chi connectivity index (χ4n) is 7.36. The summed E-state index contributed by atoms with van der Waals surface area (Å²) in [5.74, 6) is 3.22. The van der Waals surface area contributed by atoms with Crippen LogP contribution in [-0.2, 0) is 32.1 Å². The van der Waals surface area contributed by atoms with Crippen LogP contribution in [0.3, 0.4) is 0 Å². The SMILES string of the molecule is C=C(C)C(CCCC1CC(CCc2ccc3c(c2)CCCC3)C1)CC(=C)C1CCc2ccccc2C1. The van der Waals surface area contributed by atoms with E-state index in [0.29, 0.717) is 11.8 Å². The van der Waals surface area contributed by atoms with Gasteiger partial charge in [-0.3, -0.25) is 0 Å². The molecule has 0 spiro atoms. The molecule has 0 radical (unpaired) electrons. The maximum absolute atomic E-state index is 4.58. The maximum atomic E-state index is 4.58. The minimum Gasteiger partial charge on any atom is -0.0998 e. The van der Waals surface area contributed by atoms with Gasteiger partial charge in [0.1, 0.15) is 0 Å². The van der Waals surface area contributed by atoms with E-state index >= 15 is 0 Å². The number of allylic oxidation sites excluding steroid dienone is 2. The summed E-state index contributed by atoms with van der Waals surface area (Å²) in [7, 11) is 0. The van der Waals surface area contributed by atoms with Crippen LogP contribution in [0.4, 0.5) is 0 Å². The van der Waals surface area contributed by atoms with Crippen molar-refractivity contribution in [3.63, 3.8) is 0 Å². The number of hydrogen-bond donors (Lipinski definition) is 0. The van der Waals surface area contributed by atoms with Crippen LogP contribution in [0, 0.1) is 23.7 Å². The van der Waals surface area contributed by atoms with E-state index < -0.39 is 0 Å². The van der Waals surface area contributed by atoms with Gasteiger partial charge in [0, 0.05) is 0 Å². The zero-order valence-corrected chi connectivity index (χ0v) is 22.9. The zero-order chi connectivity index (χ0) is 24.9. The Morgan fingerprint density at radius 3 is 2.39 bits per heavy atom. The summed E-state index contributed by atoms with van der Waals surface area (Å²) in [5, 5.41) is 0. The Bertz CT molecular complexity index is 1050. The monoisotopic (exact) mass is 480 g/mol. The summed E-state index contributed by atoms with van der Waals surface area (Å²) < 4.78 is 0. The molecule has 0 aliphatic heterocycles. The zero-order valence-electron chi connectivity index (χ0n) is 22.9. The Labute approximate surface area is 221 Å². The Morgan fingerprint density at radius 2 is 1.58 bits per heavy atom. The summed E-state index contributed by atoms with van der Waals surface area (Å²) in [6, 6.07) is 16.4. The predicted octanol–water partition coefficient (Wildman–Crippen LogP) is 9.64. The quantitative estimate of drug-likeness (QED) is 0.281. The topological polar surface area (TPSA) is 0 Å². The van der Waals surface area contributed by atoms with Crippen molar-refractivity contribution in [2.75, 3.05) is 0 Å². The minimum absolute atomic E-state index is 0.620. The largest absolute Gasteiger partial charge is 0.0998 e. The molecule has 1 saturated carbocycles. The first-order chi connectivity index (χ1) is 17.5. The molecule has 1 fully saturated rings. The van der Waals surface area contributed by atoms with E-state index in [1.807, 2.05) is 0 Å². The summed E-state index contributed by atoms with van der Waals surface area (Å²) in [6.07, 6.45) is 19.9. The molecule has 192 valence electrons. The van der Waals surface area contributed by atoms with Gasteiger partial charge in [-0.05, 0) is 142 Å². The third-order valence-corrected chi connectivity index (χ3v) is 9.88. The molecule has 0 heteroatoms. The van der Waals surface area contributed by atoms with E-state index in [1.54, 1.807) is 27.8 Å². The molecule has 2 aromatic carbocycles. The second-order valence-corrected chi connectivity index (χ2v) is 12.6. The maximum Gasteiger partial charge on any atom is -0.0162 e. The molecule has 0 heterocycles. The first kappa shape index (κ1) is 25.6. The Balaban J connectivity index is 0.998. The first-order valence-corrected chi connectivity index (χ1v) is 15.1. The molecule has 0 bridgehead atoms. The van der Waals surface area contributed by atoms with Crippen molar-refractivity contribution in [2.24, 2.45) is 23.7 Å². The van der Waals surface area contributed by atoms with Crippen molar-refractivity contribution >= 4 is 0 Å². The van der Waals surface area contributed by atoms with Crippen LogP contribution in [0.2, 0.25) is 0 Å². The van der Waals surface area contributed by atoms with E-state index in [4.69, 9.17) is 0 Å². The van der Waals surface area contributed by atoms with E-state index in [2.05, 4.69) is 62.5 Å². The smallest absolute Gasteiger partial charge is 0.0162 e. The third kappa shape index (κ3) is 6.42. The van der Waals surface area contributed by atoms with Crippen LogP contribution in [0.25, 0.3) is 0 Å². The number of aryl methyl sites for hydroxylation is 4. The van der Waals surface area contributed by atoms with Crippen molar-refractivity contribution in [1.29, 1.82) is 0 Å². The van der Waals surface area contributed by atoms with Crippen molar-refractivity contribution in [3.05, 3.63) is 94.6 Å². The fourth-order valence-corrected chi connectivity index (χ4v) is 7.36. The van der Waals surface area contributed by atoms with Crippen molar-refractivity contribution < 1.29 is 0 Å². The highest BCUT2D eigenvalue weighted by Gasteiger charge is 2.29. The fraction of sp³-hybridized carbons (Fsp3) is 0.556.